The maximum Gasteiger partial charge on any atom is 0.250 e. The number of para-hydroxylation sites is 2. The number of carbonyl (C=O) groups is 2. The summed E-state index contributed by atoms with van der Waals surface area (Å²) in [4.78, 5) is 28.5. The number of rotatable bonds is 6. The van der Waals surface area contributed by atoms with Gasteiger partial charge in [-0.15, -0.1) is 0 Å². The second-order valence-corrected chi connectivity index (χ2v) is 9.50. The van der Waals surface area contributed by atoms with E-state index in [-0.39, 0.29) is 16.9 Å². The van der Waals surface area contributed by atoms with Crippen LogP contribution in [0, 0.1) is 6.92 Å². The number of piperazine rings is 1. The lowest BCUT2D eigenvalue weighted by molar-refractivity contribution is -0.131. The number of carbonyl (C=O) groups excluding carboxylic acids is 2. The fraction of sp³-hybridized carbons (Fsp3) is 0.250. The van der Waals surface area contributed by atoms with Gasteiger partial charge in [0, 0.05) is 49.3 Å². The van der Waals surface area contributed by atoms with Crippen LogP contribution < -0.4 is 15.5 Å². The van der Waals surface area contributed by atoms with E-state index in [1.807, 2.05) is 67.3 Å². The van der Waals surface area contributed by atoms with E-state index >= 15 is 0 Å². The lowest BCUT2D eigenvalue weighted by Crippen LogP contribution is -2.48. The minimum absolute atomic E-state index is 0.174. The van der Waals surface area contributed by atoms with Crippen molar-refractivity contribution >= 4 is 58.2 Å². The highest BCUT2D eigenvalue weighted by molar-refractivity contribution is 7.80. The molecule has 4 rings (SSSR count). The summed E-state index contributed by atoms with van der Waals surface area (Å²) in [6, 6.07) is 17.1. The molecule has 0 aliphatic carbocycles. The number of thiocarbonyl (C=S) groups is 1. The van der Waals surface area contributed by atoms with Gasteiger partial charge < -0.3 is 19.5 Å². The number of nitrogens with one attached hydrogen (secondary N) is 2. The Morgan fingerprint density at radius 1 is 1.08 bits per heavy atom. The second kappa shape index (κ2) is 12.1. The number of halogens is 1. The Kier molecular flexibility index (Phi) is 8.63. The summed E-state index contributed by atoms with van der Waals surface area (Å²) in [6.07, 6.45) is 3.47. The number of aryl methyl sites for hydroxylation is 1. The molecule has 2 N–H and O–H groups in total. The second-order valence-electron chi connectivity index (χ2n) is 8.68. The molecule has 0 spiro atoms. The number of nitrogens with zero attached hydrogens (tertiary/aromatic N) is 2. The van der Waals surface area contributed by atoms with Crippen LogP contribution in [0.3, 0.4) is 0 Å². The quantitative estimate of drug-likeness (QED) is 0.320. The molecule has 2 amide bonds. The van der Waals surface area contributed by atoms with Crippen molar-refractivity contribution in [2.45, 2.75) is 20.3 Å². The van der Waals surface area contributed by atoms with Gasteiger partial charge in [-0.05, 0) is 61.1 Å². The van der Waals surface area contributed by atoms with E-state index in [4.69, 9.17) is 28.2 Å². The molecule has 0 radical (unpaired) electrons. The normalized spacial score (nSPS) is 13.6. The zero-order valence-electron chi connectivity index (χ0n) is 20.8. The van der Waals surface area contributed by atoms with E-state index in [0.717, 1.165) is 35.6 Å². The van der Waals surface area contributed by atoms with Crippen LogP contribution in [0.5, 0.6) is 0 Å². The van der Waals surface area contributed by atoms with Crippen LogP contribution in [0.15, 0.2) is 65.1 Å². The molecular weight excluding hydrogens is 508 g/mol. The molecule has 2 heterocycles. The smallest absolute Gasteiger partial charge is 0.250 e. The zero-order chi connectivity index (χ0) is 26.4. The van der Waals surface area contributed by atoms with Crippen LogP contribution in [0.2, 0.25) is 5.02 Å². The summed E-state index contributed by atoms with van der Waals surface area (Å²) in [5.41, 5.74) is 3.62. The van der Waals surface area contributed by atoms with Crippen molar-refractivity contribution < 1.29 is 14.0 Å². The van der Waals surface area contributed by atoms with Crippen LogP contribution in [0.1, 0.15) is 24.7 Å². The molecule has 9 heteroatoms. The molecule has 0 bridgehead atoms. The van der Waals surface area contributed by atoms with Crippen LogP contribution in [0.4, 0.5) is 11.4 Å². The number of anilines is 2. The van der Waals surface area contributed by atoms with E-state index in [1.54, 1.807) is 12.1 Å². The standard InChI is InChI=1S/C28H29ClN4O3S/c1-3-27(35)33-16-14-32(15-17-33)24-7-5-4-6-23(24)30-28(37)31-26(34)13-11-21-10-12-25(36-21)20-9-8-19(2)22(29)18-20/h4-13,18H,3,14-17H2,1-2H3,(H2,30,31,34,37)/b13-11+. The molecule has 0 atom stereocenters. The van der Waals surface area contributed by atoms with Gasteiger partial charge in [-0.25, -0.2) is 0 Å². The van der Waals surface area contributed by atoms with Crippen LogP contribution in [-0.2, 0) is 9.59 Å². The Morgan fingerprint density at radius 3 is 2.57 bits per heavy atom. The van der Waals surface area contributed by atoms with E-state index in [1.165, 1.54) is 6.08 Å². The summed E-state index contributed by atoms with van der Waals surface area (Å²) < 4.78 is 5.82. The topological polar surface area (TPSA) is 77.8 Å². The maximum absolute atomic E-state index is 12.5. The highest BCUT2D eigenvalue weighted by Crippen LogP contribution is 2.28. The third-order valence-electron chi connectivity index (χ3n) is 6.15. The first-order valence-corrected chi connectivity index (χ1v) is 12.9. The molecule has 1 aliphatic rings. The fourth-order valence-corrected chi connectivity index (χ4v) is 4.48. The van der Waals surface area contributed by atoms with Gasteiger partial charge in [0.25, 0.3) is 0 Å². The lowest BCUT2D eigenvalue weighted by atomic mass is 10.1. The largest absolute Gasteiger partial charge is 0.457 e. The number of hydrogen-bond acceptors (Lipinski definition) is 5. The number of benzene rings is 2. The third kappa shape index (κ3) is 6.78. The van der Waals surface area contributed by atoms with Crippen molar-refractivity contribution in [3.8, 4) is 11.3 Å². The maximum atomic E-state index is 12.5. The monoisotopic (exact) mass is 536 g/mol. The molecule has 0 saturated carbocycles. The first-order valence-electron chi connectivity index (χ1n) is 12.1. The third-order valence-corrected chi connectivity index (χ3v) is 6.76. The van der Waals surface area contributed by atoms with E-state index in [9.17, 15) is 9.59 Å². The SMILES string of the molecule is CCC(=O)N1CCN(c2ccccc2NC(=S)NC(=O)/C=C/c2ccc(-c3ccc(C)c(Cl)c3)o2)CC1. The molecule has 1 saturated heterocycles. The minimum atomic E-state index is -0.377. The Labute approximate surface area is 227 Å². The Hall–Kier alpha value is -3.62. The molecular formula is C28H29ClN4O3S. The predicted molar refractivity (Wildman–Crippen MR) is 153 cm³/mol. The van der Waals surface area contributed by atoms with Gasteiger partial charge in [0.15, 0.2) is 5.11 Å². The molecule has 1 fully saturated rings. The molecule has 37 heavy (non-hydrogen) atoms. The van der Waals surface area contributed by atoms with Gasteiger partial charge in [0.2, 0.25) is 11.8 Å². The Bertz CT molecular complexity index is 1330. The van der Waals surface area contributed by atoms with Crippen molar-refractivity contribution in [2.75, 3.05) is 36.4 Å². The number of amides is 2. The fourth-order valence-electron chi connectivity index (χ4n) is 4.08. The molecule has 1 aromatic heterocycles. The van der Waals surface area contributed by atoms with Crippen LogP contribution in [-0.4, -0.2) is 48.0 Å². The molecule has 7 nitrogen and oxygen atoms in total. The molecule has 3 aromatic rings. The van der Waals surface area contributed by atoms with Crippen molar-refractivity contribution in [3.63, 3.8) is 0 Å². The summed E-state index contributed by atoms with van der Waals surface area (Å²) in [5, 5.41) is 6.66. The Balaban J connectivity index is 1.33. The Morgan fingerprint density at radius 2 is 1.84 bits per heavy atom. The van der Waals surface area contributed by atoms with E-state index in [0.29, 0.717) is 36.1 Å². The van der Waals surface area contributed by atoms with E-state index < -0.39 is 0 Å². The highest BCUT2D eigenvalue weighted by Gasteiger charge is 2.21. The van der Waals surface area contributed by atoms with Crippen LogP contribution in [0.25, 0.3) is 17.4 Å². The van der Waals surface area contributed by atoms with Crippen molar-refractivity contribution in [1.82, 2.24) is 10.2 Å². The highest BCUT2D eigenvalue weighted by atomic mass is 35.5. The summed E-state index contributed by atoms with van der Waals surface area (Å²) >= 11 is 11.6. The van der Waals surface area contributed by atoms with Gasteiger partial charge >= 0.3 is 0 Å². The first-order chi connectivity index (χ1) is 17.8. The molecule has 1 aliphatic heterocycles. The number of hydrogen-bond donors (Lipinski definition) is 2. The van der Waals surface area contributed by atoms with Gasteiger partial charge in [0.05, 0.1) is 11.4 Å². The van der Waals surface area contributed by atoms with Gasteiger partial charge in [-0.2, -0.15) is 0 Å². The average molecular weight is 537 g/mol. The van der Waals surface area contributed by atoms with Crippen molar-refractivity contribution in [3.05, 3.63) is 77.0 Å². The summed E-state index contributed by atoms with van der Waals surface area (Å²) in [6.45, 7) is 6.64. The summed E-state index contributed by atoms with van der Waals surface area (Å²) in [7, 11) is 0. The lowest BCUT2D eigenvalue weighted by Gasteiger charge is -2.37. The van der Waals surface area contributed by atoms with Gasteiger partial charge in [0.1, 0.15) is 11.5 Å². The molecule has 0 unspecified atom stereocenters. The summed E-state index contributed by atoms with van der Waals surface area (Å²) in [5.74, 6) is 0.994. The predicted octanol–water partition coefficient (Wildman–Crippen LogP) is 5.49. The molecule has 2 aromatic carbocycles. The van der Waals surface area contributed by atoms with Crippen LogP contribution >= 0.6 is 23.8 Å². The van der Waals surface area contributed by atoms with E-state index in [2.05, 4.69) is 15.5 Å². The van der Waals surface area contributed by atoms with Crippen molar-refractivity contribution in [1.29, 1.82) is 0 Å². The number of furan rings is 1. The zero-order valence-corrected chi connectivity index (χ0v) is 22.4. The van der Waals surface area contributed by atoms with Gasteiger partial charge in [-0.1, -0.05) is 42.8 Å². The van der Waals surface area contributed by atoms with Gasteiger partial charge in [-0.3, -0.25) is 14.9 Å². The first kappa shape index (κ1) is 26.4. The minimum Gasteiger partial charge on any atom is -0.457 e. The average Bonchev–Trinajstić information content (AvgIpc) is 3.38. The molecule has 192 valence electrons. The van der Waals surface area contributed by atoms with Crippen molar-refractivity contribution in [2.24, 2.45) is 0 Å².